The molecule has 0 atom stereocenters. The Kier molecular flexibility index (Phi) is 3.52. The summed E-state index contributed by atoms with van der Waals surface area (Å²) in [5.41, 5.74) is -0.284. The third kappa shape index (κ3) is 3.09. The van der Waals surface area contributed by atoms with Crippen LogP contribution in [0.3, 0.4) is 0 Å². The molecule has 0 aromatic heterocycles. The molecule has 0 fully saturated rings. The largest absolute Gasteiger partial charge is 0.377 e. The molecule has 0 spiro atoms. The third-order valence-corrected chi connectivity index (χ3v) is 2.41. The van der Waals surface area contributed by atoms with E-state index in [1.54, 1.807) is 26.0 Å². The van der Waals surface area contributed by atoms with Crippen molar-refractivity contribution in [2.45, 2.75) is 19.4 Å². The van der Waals surface area contributed by atoms with E-state index in [1.807, 2.05) is 12.1 Å². The molecule has 1 aromatic carbocycles. The zero-order chi connectivity index (χ0) is 11.5. The van der Waals surface area contributed by atoms with Crippen LogP contribution in [0.2, 0.25) is 5.02 Å². The lowest BCUT2D eigenvalue weighted by molar-refractivity contribution is -0.556. The van der Waals surface area contributed by atoms with Crippen molar-refractivity contribution in [1.29, 1.82) is 0 Å². The number of nitro groups is 1. The fourth-order valence-electron chi connectivity index (χ4n) is 0.981. The zero-order valence-corrected chi connectivity index (χ0v) is 9.41. The number of anilines is 1. The molecule has 1 rings (SSSR count). The molecule has 0 bridgehead atoms. The maximum Gasteiger partial charge on any atom is 0.233 e. The minimum absolute atomic E-state index is 0.240. The fourth-order valence-corrected chi connectivity index (χ4v) is 1.18. The van der Waals surface area contributed by atoms with Gasteiger partial charge in [-0.25, -0.2) is 0 Å². The Labute approximate surface area is 93.4 Å². The summed E-state index contributed by atoms with van der Waals surface area (Å²) in [6.45, 7) is 3.37. The Morgan fingerprint density at radius 1 is 1.47 bits per heavy atom. The molecule has 5 heteroatoms. The Morgan fingerprint density at radius 3 is 2.60 bits per heavy atom. The van der Waals surface area contributed by atoms with Crippen LogP contribution in [0.25, 0.3) is 0 Å². The van der Waals surface area contributed by atoms with E-state index in [9.17, 15) is 10.1 Å². The Bertz CT molecular complexity index is 366. The van der Waals surface area contributed by atoms with Gasteiger partial charge in [-0.15, -0.1) is 0 Å². The van der Waals surface area contributed by atoms with Gasteiger partial charge in [0.1, 0.15) is 0 Å². The number of hydrogen-bond donors (Lipinski definition) is 1. The summed E-state index contributed by atoms with van der Waals surface area (Å²) in [6.07, 6.45) is 0. The SMILES string of the molecule is CC(C)(CNc1ccccc1Cl)[N+](=O)[O-]. The maximum atomic E-state index is 10.7. The lowest BCUT2D eigenvalue weighted by atomic mass is 10.1. The van der Waals surface area contributed by atoms with Crippen LogP contribution in [0.5, 0.6) is 0 Å². The van der Waals surface area contributed by atoms with Crippen molar-refractivity contribution < 1.29 is 4.92 Å². The highest BCUT2D eigenvalue weighted by atomic mass is 35.5. The smallest absolute Gasteiger partial charge is 0.233 e. The van der Waals surface area contributed by atoms with E-state index in [2.05, 4.69) is 5.32 Å². The molecule has 0 amide bonds. The second-order valence-corrected chi connectivity index (χ2v) is 4.31. The summed E-state index contributed by atoms with van der Waals surface area (Å²) < 4.78 is 0. The van der Waals surface area contributed by atoms with Crippen LogP contribution < -0.4 is 5.32 Å². The van der Waals surface area contributed by atoms with E-state index in [4.69, 9.17) is 11.6 Å². The first kappa shape index (κ1) is 11.8. The molecule has 0 aliphatic rings. The number of para-hydroxylation sites is 1. The van der Waals surface area contributed by atoms with Crippen molar-refractivity contribution >= 4 is 17.3 Å². The summed E-state index contributed by atoms with van der Waals surface area (Å²) in [7, 11) is 0. The van der Waals surface area contributed by atoms with Gasteiger partial charge in [-0.1, -0.05) is 23.7 Å². The van der Waals surface area contributed by atoms with Crippen molar-refractivity contribution in [2.75, 3.05) is 11.9 Å². The first-order valence-corrected chi connectivity index (χ1v) is 4.94. The van der Waals surface area contributed by atoms with Gasteiger partial charge in [0.05, 0.1) is 17.3 Å². The average molecular weight is 229 g/mol. The second-order valence-electron chi connectivity index (χ2n) is 3.90. The van der Waals surface area contributed by atoms with Gasteiger partial charge < -0.3 is 5.32 Å². The molecule has 0 unspecified atom stereocenters. The molecular formula is C10H13ClN2O2. The normalized spacial score (nSPS) is 11.1. The summed E-state index contributed by atoms with van der Waals surface area (Å²) in [4.78, 5) is 10.4. The molecule has 0 radical (unpaired) electrons. The highest BCUT2D eigenvalue weighted by Crippen LogP contribution is 2.21. The molecule has 0 aliphatic carbocycles. The predicted molar refractivity (Wildman–Crippen MR) is 61.0 cm³/mol. The summed E-state index contributed by atoms with van der Waals surface area (Å²) >= 11 is 5.90. The quantitative estimate of drug-likeness (QED) is 0.637. The van der Waals surface area contributed by atoms with Crippen LogP contribution in [0, 0.1) is 10.1 Å². The number of rotatable bonds is 4. The van der Waals surface area contributed by atoms with Gasteiger partial charge in [0.2, 0.25) is 5.54 Å². The van der Waals surface area contributed by atoms with E-state index in [-0.39, 0.29) is 11.5 Å². The molecule has 0 heterocycles. The Balaban J connectivity index is 2.66. The molecule has 1 N–H and O–H groups in total. The number of hydrogen-bond acceptors (Lipinski definition) is 3. The summed E-state index contributed by atoms with van der Waals surface area (Å²) in [5, 5.41) is 14.2. The molecule has 0 saturated heterocycles. The van der Waals surface area contributed by atoms with Gasteiger partial charge in [-0.05, 0) is 12.1 Å². The number of nitrogens with one attached hydrogen (secondary N) is 1. The average Bonchev–Trinajstić information content (AvgIpc) is 2.16. The molecule has 1 aromatic rings. The van der Waals surface area contributed by atoms with Crippen LogP contribution in [0.1, 0.15) is 13.8 Å². The molecule has 82 valence electrons. The highest BCUT2D eigenvalue weighted by Gasteiger charge is 2.30. The van der Waals surface area contributed by atoms with Gasteiger partial charge in [-0.3, -0.25) is 10.1 Å². The van der Waals surface area contributed by atoms with Crippen LogP contribution >= 0.6 is 11.6 Å². The predicted octanol–water partition coefficient (Wildman–Crippen LogP) is 2.81. The number of halogens is 1. The monoisotopic (exact) mass is 228 g/mol. The lowest BCUT2D eigenvalue weighted by Crippen LogP contribution is -2.38. The van der Waals surface area contributed by atoms with Crippen LogP contribution in [0.4, 0.5) is 5.69 Å². The van der Waals surface area contributed by atoms with Gasteiger partial charge in [-0.2, -0.15) is 0 Å². The minimum atomic E-state index is -1.00. The van der Waals surface area contributed by atoms with Crippen molar-refractivity contribution in [3.63, 3.8) is 0 Å². The number of benzene rings is 1. The fraction of sp³-hybridized carbons (Fsp3) is 0.400. The van der Waals surface area contributed by atoms with Crippen LogP contribution in [-0.4, -0.2) is 17.0 Å². The van der Waals surface area contributed by atoms with Crippen LogP contribution in [-0.2, 0) is 0 Å². The maximum absolute atomic E-state index is 10.7. The Morgan fingerprint density at radius 2 is 2.07 bits per heavy atom. The van der Waals surface area contributed by atoms with Crippen molar-refractivity contribution in [3.05, 3.63) is 39.4 Å². The molecule has 0 saturated carbocycles. The van der Waals surface area contributed by atoms with E-state index in [1.165, 1.54) is 0 Å². The minimum Gasteiger partial charge on any atom is -0.377 e. The first-order chi connectivity index (χ1) is 6.93. The van der Waals surface area contributed by atoms with Gasteiger partial charge in [0.25, 0.3) is 0 Å². The third-order valence-electron chi connectivity index (χ3n) is 2.08. The summed E-state index contributed by atoms with van der Waals surface area (Å²) in [6, 6.07) is 7.17. The molecule has 4 nitrogen and oxygen atoms in total. The van der Waals surface area contributed by atoms with Gasteiger partial charge in [0, 0.05) is 18.8 Å². The summed E-state index contributed by atoms with van der Waals surface area (Å²) in [5.74, 6) is 0. The van der Waals surface area contributed by atoms with Crippen molar-refractivity contribution in [1.82, 2.24) is 0 Å². The molecular weight excluding hydrogens is 216 g/mol. The topological polar surface area (TPSA) is 55.2 Å². The van der Waals surface area contributed by atoms with E-state index < -0.39 is 5.54 Å². The standard InChI is InChI=1S/C10H13ClN2O2/c1-10(2,13(14)15)7-12-9-6-4-3-5-8(9)11/h3-6,12H,7H2,1-2H3. The zero-order valence-electron chi connectivity index (χ0n) is 8.66. The molecule has 0 aliphatic heterocycles. The Hall–Kier alpha value is -1.29. The second kappa shape index (κ2) is 4.49. The highest BCUT2D eigenvalue weighted by molar-refractivity contribution is 6.33. The number of nitrogens with zero attached hydrogens (tertiary/aromatic N) is 1. The van der Waals surface area contributed by atoms with Gasteiger partial charge in [0.15, 0.2) is 0 Å². The van der Waals surface area contributed by atoms with E-state index in [0.29, 0.717) is 10.7 Å². The van der Waals surface area contributed by atoms with Crippen molar-refractivity contribution in [3.8, 4) is 0 Å². The van der Waals surface area contributed by atoms with Gasteiger partial charge >= 0.3 is 0 Å². The van der Waals surface area contributed by atoms with Crippen molar-refractivity contribution in [2.24, 2.45) is 0 Å². The first-order valence-electron chi connectivity index (χ1n) is 4.56. The van der Waals surface area contributed by atoms with E-state index in [0.717, 1.165) is 0 Å². The van der Waals surface area contributed by atoms with Crippen LogP contribution in [0.15, 0.2) is 24.3 Å². The van der Waals surface area contributed by atoms with E-state index >= 15 is 0 Å². The lowest BCUT2D eigenvalue weighted by Gasteiger charge is -2.17. The molecule has 15 heavy (non-hydrogen) atoms.